The fourth-order valence-electron chi connectivity index (χ4n) is 2.48. The molecule has 0 spiro atoms. The van der Waals surface area contributed by atoms with Gasteiger partial charge in [0.2, 0.25) is 10.0 Å². The minimum absolute atomic E-state index is 0.0139. The molecule has 1 N–H and O–H groups in total. The molecule has 1 amide bonds. The summed E-state index contributed by atoms with van der Waals surface area (Å²) in [6, 6.07) is 3.91. The molecular weight excluding hydrogens is 380 g/mol. The van der Waals surface area contributed by atoms with E-state index in [0.717, 1.165) is 12.8 Å². The SMILES string of the molecule is CC(C)CNC(=O)COC(=O)c1cc(S(=O)(=O)N2CCCC2)ccc1Cl. The van der Waals surface area contributed by atoms with E-state index in [-0.39, 0.29) is 21.4 Å². The van der Waals surface area contributed by atoms with Gasteiger partial charge in [-0.15, -0.1) is 0 Å². The average Bonchev–Trinajstić information content (AvgIpc) is 3.13. The fraction of sp³-hybridized carbons (Fsp3) is 0.529. The molecular formula is C17H23ClN2O5S. The van der Waals surface area contributed by atoms with E-state index in [2.05, 4.69) is 5.32 Å². The molecule has 0 saturated carbocycles. The summed E-state index contributed by atoms with van der Waals surface area (Å²) in [5.74, 6) is -0.992. The second-order valence-electron chi connectivity index (χ2n) is 6.53. The molecule has 0 radical (unpaired) electrons. The van der Waals surface area contributed by atoms with Crippen LogP contribution in [0.3, 0.4) is 0 Å². The van der Waals surface area contributed by atoms with Gasteiger partial charge in [0.05, 0.1) is 15.5 Å². The Morgan fingerprint density at radius 1 is 1.27 bits per heavy atom. The van der Waals surface area contributed by atoms with Crippen LogP contribution in [0.4, 0.5) is 0 Å². The Morgan fingerprint density at radius 3 is 2.54 bits per heavy atom. The summed E-state index contributed by atoms with van der Waals surface area (Å²) in [7, 11) is -3.67. The molecule has 7 nitrogen and oxygen atoms in total. The molecule has 0 aromatic heterocycles. The molecule has 1 aliphatic heterocycles. The summed E-state index contributed by atoms with van der Waals surface area (Å²) in [6.45, 7) is 4.82. The second-order valence-corrected chi connectivity index (χ2v) is 8.87. The summed E-state index contributed by atoms with van der Waals surface area (Å²) < 4.78 is 31.5. The van der Waals surface area contributed by atoms with Gasteiger partial charge >= 0.3 is 5.97 Å². The molecule has 0 aliphatic carbocycles. The van der Waals surface area contributed by atoms with Crippen molar-refractivity contribution in [1.82, 2.24) is 9.62 Å². The number of nitrogens with one attached hydrogen (secondary N) is 1. The van der Waals surface area contributed by atoms with Crippen LogP contribution in [-0.4, -0.2) is 50.8 Å². The predicted octanol–water partition coefficient (Wildman–Crippen LogP) is 2.05. The topological polar surface area (TPSA) is 92.8 Å². The Kier molecular flexibility index (Phi) is 7.02. The van der Waals surface area contributed by atoms with Crippen LogP contribution in [-0.2, 0) is 19.6 Å². The summed E-state index contributed by atoms with van der Waals surface area (Å²) in [6.07, 6.45) is 1.63. The van der Waals surface area contributed by atoms with Gasteiger partial charge in [-0.05, 0) is 37.0 Å². The van der Waals surface area contributed by atoms with Crippen LogP contribution in [0.5, 0.6) is 0 Å². The van der Waals surface area contributed by atoms with Gasteiger partial charge in [0.15, 0.2) is 6.61 Å². The Balaban J connectivity index is 2.09. The Hall–Kier alpha value is -1.64. The molecule has 1 fully saturated rings. The van der Waals surface area contributed by atoms with Crippen molar-refractivity contribution >= 4 is 33.5 Å². The van der Waals surface area contributed by atoms with E-state index in [0.29, 0.717) is 19.6 Å². The summed E-state index contributed by atoms with van der Waals surface area (Å²) in [5.41, 5.74) is -0.0800. The summed E-state index contributed by atoms with van der Waals surface area (Å²) >= 11 is 6.01. The quantitative estimate of drug-likeness (QED) is 0.704. The normalized spacial score (nSPS) is 15.2. The zero-order valence-corrected chi connectivity index (χ0v) is 16.4. The summed E-state index contributed by atoms with van der Waals surface area (Å²) in [5, 5.41) is 2.69. The average molecular weight is 403 g/mol. The molecule has 1 aromatic rings. The number of hydrogen-bond donors (Lipinski definition) is 1. The van der Waals surface area contributed by atoms with Gasteiger partial charge in [-0.2, -0.15) is 4.31 Å². The molecule has 2 rings (SSSR count). The van der Waals surface area contributed by atoms with E-state index in [4.69, 9.17) is 16.3 Å². The van der Waals surface area contributed by atoms with Crippen molar-refractivity contribution in [2.24, 2.45) is 5.92 Å². The van der Waals surface area contributed by atoms with Gasteiger partial charge in [0, 0.05) is 19.6 Å². The minimum Gasteiger partial charge on any atom is -0.452 e. The number of carbonyl (C=O) groups excluding carboxylic acids is 2. The molecule has 0 bridgehead atoms. The largest absolute Gasteiger partial charge is 0.452 e. The van der Waals surface area contributed by atoms with Gasteiger partial charge in [-0.1, -0.05) is 25.4 Å². The van der Waals surface area contributed by atoms with Crippen molar-refractivity contribution < 1.29 is 22.7 Å². The second kappa shape index (κ2) is 8.83. The van der Waals surface area contributed by atoms with E-state index in [1.165, 1.54) is 22.5 Å². The van der Waals surface area contributed by atoms with Crippen molar-refractivity contribution in [3.05, 3.63) is 28.8 Å². The number of hydrogen-bond acceptors (Lipinski definition) is 5. The van der Waals surface area contributed by atoms with Crippen LogP contribution in [0.1, 0.15) is 37.0 Å². The maximum absolute atomic E-state index is 12.6. The summed E-state index contributed by atoms with van der Waals surface area (Å²) in [4.78, 5) is 23.8. The number of rotatable bonds is 7. The van der Waals surface area contributed by atoms with Crippen LogP contribution in [0, 0.1) is 5.92 Å². The van der Waals surface area contributed by atoms with Crippen molar-refractivity contribution in [3.63, 3.8) is 0 Å². The highest BCUT2D eigenvalue weighted by molar-refractivity contribution is 7.89. The first-order chi connectivity index (χ1) is 12.2. The maximum atomic E-state index is 12.6. The fourth-order valence-corrected chi connectivity index (χ4v) is 4.22. The lowest BCUT2D eigenvalue weighted by atomic mass is 10.2. The first-order valence-corrected chi connectivity index (χ1v) is 10.3. The number of sulfonamides is 1. The minimum atomic E-state index is -3.67. The maximum Gasteiger partial charge on any atom is 0.340 e. The molecule has 144 valence electrons. The molecule has 1 aliphatic rings. The predicted molar refractivity (Wildman–Crippen MR) is 97.6 cm³/mol. The van der Waals surface area contributed by atoms with Crippen LogP contribution >= 0.6 is 11.6 Å². The molecule has 9 heteroatoms. The van der Waals surface area contributed by atoms with Crippen LogP contribution < -0.4 is 5.32 Å². The number of nitrogens with zero attached hydrogens (tertiary/aromatic N) is 1. The van der Waals surface area contributed by atoms with Crippen LogP contribution in [0.25, 0.3) is 0 Å². The highest BCUT2D eigenvalue weighted by Gasteiger charge is 2.28. The smallest absolute Gasteiger partial charge is 0.340 e. The highest BCUT2D eigenvalue weighted by atomic mass is 35.5. The number of ether oxygens (including phenoxy) is 1. The van der Waals surface area contributed by atoms with Crippen molar-refractivity contribution in [1.29, 1.82) is 0 Å². The van der Waals surface area contributed by atoms with Crippen molar-refractivity contribution in [2.75, 3.05) is 26.2 Å². The monoisotopic (exact) mass is 402 g/mol. The van der Waals surface area contributed by atoms with E-state index >= 15 is 0 Å². The lowest BCUT2D eigenvalue weighted by Crippen LogP contribution is -2.31. The molecule has 0 unspecified atom stereocenters. The third-order valence-electron chi connectivity index (χ3n) is 3.90. The Morgan fingerprint density at radius 2 is 1.92 bits per heavy atom. The van der Waals surface area contributed by atoms with E-state index < -0.39 is 28.5 Å². The number of benzene rings is 1. The van der Waals surface area contributed by atoms with Gasteiger partial charge < -0.3 is 10.1 Å². The van der Waals surface area contributed by atoms with Crippen molar-refractivity contribution in [3.8, 4) is 0 Å². The third kappa shape index (κ3) is 5.18. The molecule has 1 heterocycles. The zero-order chi connectivity index (χ0) is 19.3. The van der Waals surface area contributed by atoms with E-state index in [1.807, 2.05) is 13.8 Å². The lowest BCUT2D eigenvalue weighted by molar-refractivity contribution is -0.124. The Labute approximate surface area is 158 Å². The van der Waals surface area contributed by atoms with Gasteiger partial charge in [-0.3, -0.25) is 4.79 Å². The molecule has 0 atom stereocenters. The van der Waals surface area contributed by atoms with Crippen molar-refractivity contribution in [2.45, 2.75) is 31.6 Å². The highest BCUT2D eigenvalue weighted by Crippen LogP contribution is 2.25. The van der Waals surface area contributed by atoms with Crippen LogP contribution in [0.15, 0.2) is 23.1 Å². The van der Waals surface area contributed by atoms with E-state index in [1.54, 1.807) is 0 Å². The molecule has 1 aromatic carbocycles. The Bertz CT molecular complexity index is 773. The van der Waals surface area contributed by atoms with Crippen LogP contribution in [0.2, 0.25) is 5.02 Å². The number of halogens is 1. The molecule has 26 heavy (non-hydrogen) atoms. The van der Waals surface area contributed by atoms with Gasteiger partial charge in [0.1, 0.15) is 0 Å². The number of esters is 1. The first kappa shape index (κ1) is 20.7. The standard InChI is InChI=1S/C17H23ClN2O5S/c1-12(2)10-19-16(21)11-25-17(22)14-9-13(5-6-15(14)18)26(23,24)20-7-3-4-8-20/h5-6,9,12H,3-4,7-8,10-11H2,1-2H3,(H,19,21). The zero-order valence-electron chi connectivity index (χ0n) is 14.8. The van der Waals surface area contributed by atoms with Gasteiger partial charge in [0.25, 0.3) is 5.91 Å². The van der Waals surface area contributed by atoms with E-state index in [9.17, 15) is 18.0 Å². The first-order valence-electron chi connectivity index (χ1n) is 8.45. The molecule has 1 saturated heterocycles. The number of amides is 1. The third-order valence-corrected chi connectivity index (χ3v) is 6.13. The van der Waals surface area contributed by atoms with Gasteiger partial charge in [-0.25, -0.2) is 13.2 Å². The lowest BCUT2D eigenvalue weighted by Gasteiger charge is -2.16. The number of carbonyl (C=O) groups is 2.